The topological polar surface area (TPSA) is 29.5 Å². The van der Waals surface area contributed by atoms with Gasteiger partial charge in [0.2, 0.25) is 0 Å². The molecule has 0 amide bonds. The molecule has 0 radical (unpaired) electrons. The molecule has 36 heavy (non-hydrogen) atoms. The number of benzene rings is 4. The van der Waals surface area contributed by atoms with Gasteiger partial charge in [0.05, 0.1) is 0 Å². The highest BCUT2D eigenvalue weighted by Gasteiger charge is 2.14. The van der Waals surface area contributed by atoms with Crippen LogP contribution in [0.2, 0.25) is 0 Å². The van der Waals surface area contributed by atoms with Crippen LogP contribution in [0.1, 0.15) is 33.4 Å². The summed E-state index contributed by atoms with van der Waals surface area (Å²) in [5, 5.41) is 0. The van der Waals surface area contributed by atoms with Crippen molar-refractivity contribution < 1.29 is 9.53 Å². The van der Waals surface area contributed by atoms with Gasteiger partial charge in [-0.1, -0.05) is 55.1 Å². The number of aryl methyl sites for hydroxylation is 4. The molecule has 0 aliphatic heterocycles. The Hall–Kier alpha value is -4.37. The molecule has 0 bridgehead atoms. The first-order valence-electron chi connectivity index (χ1n) is 12.0. The van der Waals surface area contributed by atoms with Gasteiger partial charge >= 0.3 is 5.97 Å². The number of hydrogen-bond acceptors (Lipinski definition) is 3. The summed E-state index contributed by atoms with van der Waals surface area (Å²) >= 11 is 0. The van der Waals surface area contributed by atoms with Gasteiger partial charge in [0.15, 0.2) is 0 Å². The predicted octanol–water partition coefficient (Wildman–Crippen LogP) is 8.65. The molecular formula is C33H31NO2. The fourth-order valence-electron chi connectivity index (χ4n) is 3.91. The van der Waals surface area contributed by atoms with Gasteiger partial charge in [-0.05, 0) is 110 Å². The fraction of sp³-hybridized carbons (Fsp3) is 0.121. The lowest BCUT2D eigenvalue weighted by molar-refractivity contribution is -0.128. The molecular weight excluding hydrogens is 442 g/mol. The van der Waals surface area contributed by atoms with Crippen molar-refractivity contribution in [2.24, 2.45) is 0 Å². The summed E-state index contributed by atoms with van der Waals surface area (Å²) in [5.74, 6) is 0.0354. The van der Waals surface area contributed by atoms with E-state index < -0.39 is 5.97 Å². The SMILES string of the molecule is C=CC(=O)Oc1ccc(C=Cc2ccc(N(c3ccc(C)c(C)c3)c3ccc(C)c(C)c3)cc2)cc1. The minimum Gasteiger partial charge on any atom is -0.423 e. The van der Waals surface area contributed by atoms with Gasteiger partial charge in [0, 0.05) is 23.1 Å². The monoisotopic (exact) mass is 473 g/mol. The summed E-state index contributed by atoms with van der Waals surface area (Å²) in [5.41, 5.74) is 10.6. The van der Waals surface area contributed by atoms with E-state index in [1.807, 2.05) is 18.2 Å². The van der Waals surface area contributed by atoms with Crippen LogP contribution in [0.15, 0.2) is 97.6 Å². The van der Waals surface area contributed by atoms with Crippen LogP contribution in [0.5, 0.6) is 5.75 Å². The first kappa shape index (κ1) is 24.7. The van der Waals surface area contributed by atoms with Crippen LogP contribution >= 0.6 is 0 Å². The number of carbonyl (C=O) groups excluding carboxylic acids is 1. The number of nitrogens with zero attached hydrogens (tertiary/aromatic N) is 1. The van der Waals surface area contributed by atoms with Crippen LogP contribution in [-0.4, -0.2) is 5.97 Å². The van der Waals surface area contributed by atoms with Crippen molar-refractivity contribution in [3.63, 3.8) is 0 Å². The molecule has 4 aromatic carbocycles. The first-order valence-corrected chi connectivity index (χ1v) is 12.0. The first-order chi connectivity index (χ1) is 17.3. The quantitative estimate of drug-likeness (QED) is 0.116. The molecule has 4 rings (SSSR count). The maximum atomic E-state index is 11.3. The minimum atomic E-state index is -0.464. The zero-order valence-electron chi connectivity index (χ0n) is 21.3. The fourth-order valence-corrected chi connectivity index (χ4v) is 3.91. The zero-order chi connectivity index (χ0) is 25.7. The standard InChI is InChI=1S/C33H31NO2/c1-6-33(35)36-32-19-13-28(14-20-32)10-9-27-11-17-29(18-12-27)34(30-15-7-23(2)25(4)21-30)31-16-8-24(3)26(5)22-31/h6-22H,1H2,2-5H3. The molecule has 0 fully saturated rings. The number of carbonyl (C=O) groups is 1. The van der Waals surface area contributed by atoms with Gasteiger partial charge in [-0.2, -0.15) is 0 Å². The smallest absolute Gasteiger partial charge is 0.335 e. The Balaban J connectivity index is 1.60. The average Bonchev–Trinajstić information content (AvgIpc) is 2.88. The molecule has 0 atom stereocenters. The third-order valence-electron chi connectivity index (χ3n) is 6.38. The van der Waals surface area contributed by atoms with Gasteiger partial charge < -0.3 is 9.64 Å². The largest absolute Gasteiger partial charge is 0.423 e. The molecule has 0 aliphatic rings. The van der Waals surface area contributed by atoms with E-state index in [2.05, 4.69) is 106 Å². The highest BCUT2D eigenvalue weighted by atomic mass is 16.5. The summed E-state index contributed by atoms with van der Waals surface area (Å²) in [6, 6.07) is 29.1. The Morgan fingerprint density at radius 3 is 1.53 bits per heavy atom. The van der Waals surface area contributed by atoms with E-state index in [1.54, 1.807) is 12.1 Å². The summed E-state index contributed by atoms with van der Waals surface area (Å²) in [7, 11) is 0. The molecule has 0 aliphatic carbocycles. The maximum absolute atomic E-state index is 11.3. The van der Waals surface area contributed by atoms with Crippen LogP contribution in [0.3, 0.4) is 0 Å². The van der Waals surface area contributed by atoms with Crippen molar-refractivity contribution in [1.29, 1.82) is 0 Å². The molecule has 0 spiro atoms. The number of esters is 1. The summed E-state index contributed by atoms with van der Waals surface area (Å²) in [6.45, 7) is 12.0. The minimum absolute atomic E-state index is 0.464. The second-order valence-corrected chi connectivity index (χ2v) is 8.99. The van der Waals surface area contributed by atoms with Crippen LogP contribution in [0.25, 0.3) is 12.2 Å². The highest BCUT2D eigenvalue weighted by Crippen LogP contribution is 2.36. The van der Waals surface area contributed by atoms with E-state index in [0.29, 0.717) is 5.75 Å². The van der Waals surface area contributed by atoms with E-state index in [0.717, 1.165) is 34.3 Å². The van der Waals surface area contributed by atoms with Gasteiger partial charge in [0.25, 0.3) is 0 Å². The van der Waals surface area contributed by atoms with Crippen LogP contribution in [-0.2, 0) is 4.79 Å². The molecule has 4 aromatic rings. The number of anilines is 3. The molecule has 0 N–H and O–H groups in total. The number of rotatable bonds is 7. The molecule has 180 valence electrons. The lowest BCUT2D eigenvalue weighted by Gasteiger charge is -2.27. The highest BCUT2D eigenvalue weighted by molar-refractivity contribution is 5.83. The molecule has 0 heterocycles. The van der Waals surface area contributed by atoms with Crippen molar-refractivity contribution >= 4 is 35.2 Å². The van der Waals surface area contributed by atoms with E-state index in [4.69, 9.17) is 4.74 Å². The van der Waals surface area contributed by atoms with E-state index in [9.17, 15) is 4.79 Å². The van der Waals surface area contributed by atoms with Crippen molar-refractivity contribution in [2.75, 3.05) is 4.90 Å². The van der Waals surface area contributed by atoms with Gasteiger partial charge in [-0.3, -0.25) is 0 Å². The van der Waals surface area contributed by atoms with E-state index in [1.165, 1.54) is 22.3 Å². The molecule has 0 aromatic heterocycles. The molecule has 0 saturated heterocycles. The van der Waals surface area contributed by atoms with E-state index in [-0.39, 0.29) is 0 Å². The molecule has 3 heteroatoms. The van der Waals surface area contributed by atoms with Crippen molar-refractivity contribution in [3.8, 4) is 5.75 Å². The third-order valence-corrected chi connectivity index (χ3v) is 6.38. The molecule has 0 saturated carbocycles. The Bertz CT molecular complexity index is 1360. The summed E-state index contributed by atoms with van der Waals surface area (Å²) in [4.78, 5) is 13.6. The Kier molecular flexibility index (Phi) is 7.50. The van der Waals surface area contributed by atoms with Crippen molar-refractivity contribution in [1.82, 2.24) is 0 Å². The van der Waals surface area contributed by atoms with Gasteiger partial charge in [-0.15, -0.1) is 0 Å². The van der Waals surface area contributed by atoms with Crippen LogP contribution in [0.4, 0.5) is 17.1 Å². The second-order valence-electron chi connectivity index (χ2n) is 8.99. The zero-order valence-corrected chi connectivity index (χ0v) is 21.3. The molecule has 0 unspecified atom stereocenters. The second kappa shape index (κ2) is 10.9. The predicted molar refractivity (Wildman–Crippen MR) is 151 cm³/mol. The lowest BCUT2D eigenvalue weighted by atomic mass is 10.1. The van der Waals surface area contributed by atoms with Gasteiger partial charge in [0.1, 0.15) is 5.75 Å². The third kappa shape index (κ3) is 5.81. The van der Waals surface area contributed by atoms with Crippen LogP contribution in [0, 0.1) is 27.7 Å². The van der Waals surface area contributed by atoms with Crippen molar-refractivity contribution in [2.45, 2.75) is 27.7 Å². The Morgan fingerprint density at radius 1 is 0.639 bits per heavy atom. The maximum Gasteiger partial charge on any atom is 0.335 e. The number of ether oxygens (including phenoxy) is 1. The normalized spacial score (nSPS) is 10.9. The number of hydrogen-bond donors (Lipinski definition) is 0. The summed E-state index contributed by atoms with van der Waals surface area (Å²) in [6.07, 6.45) is 5.27. The summed E-state index contributed by atoms with van der Waals surface area (Å²) < 4.78 is 5.13. The van der Waals surface area contributed by atoms with Gasteiger partial charge in [-0.25, -0.2) is 4.79 Å². The Morgan fingerprint density at radius 2 is 1.08 bits per heavy atom. The Labute approximate surface area is 214 Å². The van der Waals surface area contributed by atoms with Crippen molar-refractivity contribution in [3.05, 3.63) is 131 Å². The molecule has 3 nitrogen and oxygen atoms in total. The van der Waals surface area contributed by atoms with Crippen LogP contribution < -0.4 is 9.64 Å². The van der Waals surface area contributed by atoms with E-state index >= 15 is 0 Å². The lowest BCUT2D eigenvalue weighted by Crippen LogP contribution is -2.10. The average molecular weight is 474 g/mol.